The number of carboxylic acid groups (broad SMARTS) is 1. The molecular formula is C14H15N3O4. The summed E-state index contributed by atoms with van der Waals surface area (Å²) in [7, 11) is 0. The Morgan fingerprint density at radius 2 is 2.24 bits per heavy atom. The van der Waals surface area contributed by atoms with Crippen LogP contribution in [-0.4, -0.2) is 29.1 Å². The van der Waals surface area contributed by atoms with E-state index in [1.165, 1.54) is 18.2 Å². The fourth-order valence-corrected chi connectivity index (χ4v) is 2.73. The second-order valence-corrected chi connectivity index (χ2v) is 5.35. The van der Waals surface area contributed by atoms with Crippen LogP contribution in [0, 0.1) is 33.3 Å². The lowest BCUT2D eigenvalue weighted by Crippen LogP contribution is -2.42. The normalized spacial score (nSPS) is 21.6. The largest absolute Gasteiger partial charge is 0.481 e. The number of anilines is 1. The van der Waals surface area contributed by atoms with Crippen molar-refractivity contribution in [3.8, 4) is 6.07 Å². The van der Waals surface area contributed by atoms with Crippen molar-refractivity contribution in [1.29, 1.82) is 5.26 Å². The number of rotatable bonds is 3. The van der Waals surface area contributed by atoms with Crippen molar-refractivity contribution in [3.63, 3.8) is 0 Å². The lowest BCUT2D eigenvalue weighted by atomic mass is 9.90. The maximum absolute atomic E-state index is 11.2. The number of hydrogen-bond donors (Lipinski definition) is 1. The number of aliphatic carboxylic acids is 1. The van der Waals surface area contributed by atoms with Crippen molar-refractivity contribution in [1.82, 2.24) is 0 Å². The van der Waals surface area contributed by atoms with Crippen LogP contribution in [-0.2, 0) is 4.79 Å². The summed E-state index contributed by atoms with van der Waals surface area (Å²) in [4.78, 5) is 23.6. The van der Waals surface area contributed by atoms with Crippen LogP contribution >= 0.6 is 0 Å². The van der Waals surface area contributed by atoms with Gasteiger partial charge in [-0.1, -0.05) is 6.92 Å². The minimum Gasteiger partial charge on any atom is -0.481 e. The Morgan fingerprint density at radius 1 is 1.52 bits per heavy atom. The predicted molar refractivity (Wildman–Crippen MR) is 74.9 cm³/mol. The van der Waals surface area contributed by atoms with Crippen LogP contribution in [0.4, 0.5) is 11.4 Å². The Balaban J connectivity index is 2.38. The number of nitro benzene ring substituents is 1. The average molecular weight is 289 g/mol. The van der Waals surface area contributed by atoms with E-state index in [0.717, 1.165) is 0 Å². The molecule has 21 heavy (non-hydrogen) atoms. The highest BCUT2D eigenvalue weighted by atomic mass is 16.6. The molecule has 2 rings (SSSR count). The SMILES string of the molecule is CC1CC(C(=O)O)CN(c2ccc(C#N)cc2[N+](=O)[O-])C1. The van der Waals surface area contributed by atoms with E-state index in [1.54, 1.807) is 4.90 Å². The van der Waals surface area contributed by atoms with Crippen LogP contribution in [0.25, 0.3) is 0 Å². The molecule has 1 aromatic rings. The van der Waals surface area contributed by atoms with Gasteiger partial charge in [0.1, 0.15) is 5.69 Å². The summed E-state index contributed by atoms with van der Waals surface area (Å²) in [6.07, 6.45) is 0.565. The van der Waals surface area contributed by atoms with Gasteiger partial charge in [0.05, 0.1) is 22.5 Å². The highest BCUT2D eigenvalue weighted by molar-refractivity contribution is 5.73. The molecule has 1 aliphatic heterocycles. The van der Waals surface area contributed by atoms with Gasteiger partial charge in [-0.2, -0.15) is 5.26 Å². The number of piperidine rings is 1. The molecule has 0 bridgehead atoms. The fourth-order valence-electron chi connectivity index (χ4n) is 2.73. The molecule has 2 atom stereocenters. The van der Waals surface area contributed by atoms with Crippen molar-refractivity contribution in [2.24, 2.45) is 11.8 Å². The number of nitriles is 1. The molecule has 7 nitrogen and oxygen atoms in total. The molecule has 0 radical (unpaired) electrons. The van der Waals surface area contributed by atoms with E-state index < -0.39 is 16.8 Å². The monoisotopic (exact) mass is 289 g/mol. The Hall–Kier alpha value is -2.62. The lowest BCUT2D eigenvalue weighted by Gasteiger charge is -2.35. The molecule has 1 heterocycles. The van der Waals surface area contributed by atoms with E-state index in [9.17, 15) is 20.0 Å². The van der Waals surface area contributed by atoms with Crippen LogP contribution in [0.3, 0.4) is 0 Å². The van der Waals surface area contributed by atoms with Crippen molar-refractivity contribution in [3.05, 3.63) is 33.9 Å². The highest BCUT2D eigenvalue weighted by Gasteiger charge is 2.32. The zero-order valence-electron chi connectivity index (χ0n) is 11.5. The molecule has 0 amide bonds. The zero-order valence-corrected chi connectivity index (χ0v) is 11.5. The van der Waals surface area contributed by atoms with E-state index in [4.69, 9.17) is 5.26 Å². The van der Waals surface area contributed by atoms with Gasteiger partial charge in [-0.15, -0.1) is 0 Å². The van der Waals surface area contributed by atoms with Gasteiger partial charge in [-0.05, 0) is 24.5 Å². The summed E-state index contributed by atoms with van der Waals surface area (Å²) in [6.45, 7) is 2.74. The van der Waals surface area contributed by atoms with Crippen LogP contribution in [0.5, 0.6) is 0 Å². The maximum Gasteiger partial charge on any atom is 0.308 e. The third kappa shape index (κ3) is 3.11. The molecular weight excluding hydrogens is 274 g/mol. The minimum absolute atomic E-state index is 0.134. The van der Waals surface area contributed by atoms with Crippen molar-refractivity contribution >= 4 is 17.3 Å². The van der Waals surface area contributed by atoms with Gasteiger partial charge in [0.25, 0.3) is 5.69 Å². The fraction of sp³-hybridized carbons (Fsp3) is 0.429. The number of hydrogen-bond acceptors (Lipinski definition) is 5. The molecule has 0 aromatic heterocycles. The average Bonchev–Trinajstić information content (AvgIpc) is 2.45. The number of benzene rings is 1. The first-order valence-corrected chi connectivity index (χ1v) is 6.58. The Labute approximate surface area is 121 Å². The summed E-state index contributed by atoms with van der Waals surface area (Å²) >= 11 is 0. The van der Waals surface area contributed by atoms with Crippen molar-refractivity contribution < 1.29 is 14.8 Å². The molecule has 1 aliphatic rings. The highest BCUT2D eigenvalue weighted by Crippen LogP contribution is 2.33. The maximum atomic E-state index is 11.2. The minimum atomic E-state index is -0.886. The van der Waals surface area contributed by atoms with Gasteiger partial charge >= 0.3 is 5.97 Å². The summed E-state index contributed by atoms with van der Waals surface area (Å²) in [5.74, 6) is -1.29. The predicted octanol–water partition coefficient (Wildman–Crippen LogP) is 2.01. The van der Waals surface area contributed by atoms with E-state index in [2.05, 4.69) is 0 Å². The second-order valence-electron chi connectivity index (χ2n) is 5.35. The molecule has 1 fully saturated rings. The van der Waals surface area contributed by atoms with Crippen LogP contribution in [0.2, 0.25) is 0 Å². The third-order valence-electron chi connectivity index (χ3n) is 3.65. The summed E-state index contributed by atoms with van der Waals surface area (Å²) < 4.78 is 0. The number of carboxylic acids is 1. The molecule has 0 saturated carbocycles. The molecule has 0 spiro atoms. The molecule has 1 saturated heterocycles. The standard InChI is InChI=1S/C14H15N3O4/c1-9-4-11(14(18)19)8-16(7-9)12-3-2-10(6-15)5-13(12)17(20)21/h2-3,5,9,11H,4,7-8H2,1H3,(H,18,19). The molecule has 7 heteroatoms. The van der Waals surface area contributed by atoms with Gasteiger partial charge < -0.3 is 10.0 Å². The van der Waals surface area contributed by atoms with Gasteiger partial charge in [-0.25, -0.2) is 0 Å². The molecule has 2 unspecified atom stereocenters. The molecule has 1 N–H and O–H groups in total. The summed E-state index contributed by atoms with van der Waals surface area (Å²) in [5, 5.41) is 29.2. The number of nitrogens with zero attached hydrogens (tertiary/aromatic N) is 3. The van der Waals surface area contributed by atoms with Crippen molar-refractivity contribution in [2.75, 3.05) is 18.0 Å². The van der Waals surface area contributed by atoms with E-state index in [-0.39, 0.29) is 23.7 Å². The lowest BCUT2D eigenvalue weighted by molar-refractivity contribution is -0.384. The zero-order chi connectivity index (χ0) is 15.6. The second kappa shape index (κ2) is 5.79. The first-order valence-electron chi connectivity index (χ1n) is 6.58. The first kappa shape index (κ1) is 14.8. The number of carbonyl (C=O) groups is 1. The summed E-state index contributed by atoms with van der Waals surface area (Å²) in [5.41, 5.74) is 0.425. The van der Waals surface area contributed by atoms with Gasteiger partial charge in [0, 0.05) is 19.2 Å². The summed E-state index contributed by atoms with van der Waals surface area (Å²) in [6, 6.07) is 6.13. The smallest absolute Gasteiger partial charge is 0.308 e. The topological polar surface area (TPSA) is 107 Å². The van der Waals surface area contributed by atoms with E-state index >= 15 is 0 Å². The van der Waals surface area contributed by atoms with Gasteiger partial charge in [-0.3, -0.25) is 14.9 Å². The van der Waals surface area contributed by atoms with Crippen molar-refractivity contribution in [2.45, 2.75) is 13.3 Å². The van der Waals surface area contributed by atoms with Crippen LogP contribution < -0.4 is 4.90 Å². The van der Waals surface area contributed by atoms with E-state index in [1.807, 2.05) is 13.0 Å². The Bertz CT molecular complexity index is 623. The molecule has 110 valence electrons. The molecule has 1 aromatic carbocycles. The first-order chi connectivity index (χ1) is 9.92. The third-order valence-corrected chi connectivity index (χ3v) is 3.65. The van der Waals surface area contributed by atoms with E-state index in [0.29, 0.717) is 18.7 Å². The van der Waals surface area contributed by atoms with Gasteiger partial charge in [0.2, 0.25) is 0 Å². The molecule has 0 aliphatic carbocycles. The Kier molecular flexibility index (Phi) is 4.08. The Morgan fingerprint density at radius 3 is 2.81 bits per heavy atom. The van der Waals surface area contributed by atoms with Crippen LogP contribution in [0.15, 0.2) is 18.2 Å². The van der Waals surface area contributed by atoms with Gasteiger partial charge in [0.15, 0.2) is 0 Å². The van der Waals surface area contributed by atoms with Crippen LogP contribution in [0.1, 0.15) is 18.9 Å². The quantitative estimate of drug-likeness (QED) is 0.673. The number of nitro groups is 1.